The quantitative estimate of drug-likeness (QED) is 0.593. The molecule has 13 heavy (non-hydrogen) atoms. The van der Waals surface area contributed by atoms with Gasteiger partial charge in [0.25, 0.3) is 0 Å². The molecule has 0 saturated carbocycles. The van der Waals surface area contributed by atoms with Gasteiger partial charge in [-0.25, -0.2) is 0 Å². The van der Waals surface area contributed by atoms with E-state index in [9.17, 15) is 0 Å². The highest BCUT2D eigenvalue weighted by molar-refractivity contribution is 6.64. The minimum Gasteiger partial charge on any atom is -0.386 e. The summed E-state index contributed by atoms with van der Waals surface area (Å²) in [6.07, 6.45) is 1.15. The molecule has 0 spiro atoms. The Morgan fingerprint density at radius 1 is 1.08 bits per heavy atom. The molecule has 4 heteroatoms. The molecule has 0 aromatic rings. The van der Waals surface area contributed by atoms with Gasteiger partial charge in [-0.15, -0.1) is 0 Å². The molecule has 0 aliphatic rings. The van der Waals surface area contributed by atoms with Crippen LogP contribution in [0, 0.1) is 0 Å². The number of rotatable bonds is 7. The Morgan fingerprint density at radius 2 is 1.62 bits per heavy atom. The number of nitrogens with zero attached hydrogens (tertiary/aromatic N) is 1. The van der Waals surface area contributed by atoms with Crippen LogP contribution in [-0.2, 0) is 8.85 Å². The van der Waals surface area contributed by atoms with Crippen LogP contribution in [0.3, 0.4) is 0 Å². The molecule has 0 rings (SSSR count). The molecule has 0 unspecified atom stereocenters. The lowest BCUT2D eigenvalue weighted by Gasteiger charge is -2.36. The molecule has 0 saturated heterocycles. The van der Waals surface area contributed by atoms with Crippen LogP contribution in [0.15, 0.2) is 0 Å². The zero-order valence-corrected chi connectivity index (χ0v) is 10.6. The van der Waals surface area contributed by atoms with Gasteiger partial charge in [0.05, 0.1) is 0 Å². The molecule has 0 aromatic carbocycles. The first kappa shape index (κ1) is 13.1. The second-order valence-corrected chi connectivity index (χ2v) is 6.64. The molecule has 0 heterocycles. The molecular weight excluding hydrogens is 182 g/mol. The van der Waals surface area contributed by atoms with E-state index < -0.39 is 8.72 Å². The average molecular weight is 205 g/mol. The summed E-state index contributed by atoms with van der Waals surface area (Å²) in [5.74, 6) is 0. The highest BCUT2D eigenvalue weighted by atomic mass is 28.4. The Hall–Kier alpha value is 0.0969. The normalized spacial score (nSPS) is 12.5. The molecule has 0 atom stereocenters. The highest BCUT2D eigenvalue weighted by Crippen LogP contribution is 2.16. The van der Waals surface area contributed by atoms with E-state index in [0.717, 1.165) is 25.6 Å². The Balaban J connectivity index is 4.45. The summed E-state index contributed by atoms with van der Waals surface area (Å²) in [6, 6.07) is 0.980. The van der Waals surface area contributed by atoms with Crippen LogP contribution in [0.2, 0.25) is 6.04 Å². The van der Waals surface area contributed by atoms with Gasteiger partial charge in [0.2, 0.25) is 0 Å². The number of hydrogen-bond donors (Lipinski definition) is 0. The standard InChI is InChI=1S/C9H23NO2Si/c1-6-9-10(7-2)13(8-3,11-4)12-5/h6-9H2,1-5H3. The molecule has 0 aromatic heterocycles. The predicted molar refractivity (Wildman–Crippen MR) is 57.8 cm³/mol. The van der Waals surface area contributed by atoms with Crippen molar-refractivity contribution >= 4 is 8.72 Å². The summed E-state index contributed by atoms with van der Waals surface area (Å²) in [5, 5.41) is 0. The summed E-state index contributed by atoms with van der Waals surface area (Å²) in [6.45, 7) is 8.55. The van der Waals surface area contributed by atoms with E-state index in [0.29, 0.717) is 0 Å². The van der Waals surface area contributed by atoms with Crippen molar-refractivity contribution < 1.29 is 8.85 Å². The van der Waals surface area contributed by atoms with Crippen molar-refractivity contribution in [2.24, 2.45) is 0 Å². The molecule has 0 radical (unpaired) electrons. The summed E-state index contributed by atoms with van der Waals surface area (Å²) in [5.41, 5.74) is 0. The SMILES string of the molecule is CCCN(CC)[Si](CC)(OC)OC. The van der Waals surface area contributed by atoms with Gasteiger partial charge >= 0.3 is 8.72 Å². The van der Waals surface area contributed by atoms with Gasteiger partial charge in [0, 0.05) is 20.3 Å². The minimum atomic E-state index is -2.03. The van der Waals surface area contributed by atoms with E-state index in [2.05, 4.69) is 25.3 Å². The van der Waals surface area contributed by atoms with Gasteiger partial charge in [-0.3, -0.25) is 4.57 Å². The van der Waals surface area contributed by atoms with Crippen molar-refractivity contribution in [2.45, 2.75) is 33.2 Å². The monoisotopic (exact) mass is 205 g/mol. The average Bonchev–Trinajstić information content (AvgIpc) is 2.19. The Bertz CT molecular complexity index is 121. The van der Waals surface area contributed by atoms with Crippen LogP contribution in [0.25, 0.3) is 0 Å². The van der Waals surface area contributed by atoms with Gasteiger partial charge in [0.15, 0.2) is 0 Å². The first-order chi connectivity index (χ1) is 6.20. The third-order valence-corrected chi connectivity index (χ3v) is 6.11. The van der Waals surface area contributed by atoms with Crippen LogP contribution in [-0.4, -0.2) is 40.6 Å². The third kappa shape index (κ3) is 3.05. The largest absolute Gasteiger partial charge is 0.426 e. The summed E-state index contributed by atoms with van der Waals surface area (Å²) >= 11 is 0. The van der Waals surface area contributed by atoms with Crippen molar-refractivity contribution in [3.8, 4) is 0 Å². The van der Waals surface area contributed by atoms with Crippen molar-refractivity contribution in [3.05, 3.63) is 0 Å². The van der Waals surface area contributed by atoms with Gasteiger partial charge < -0.3 is 8.85 Å². The number of hydrogen-bond acceptors (Lipinski definition) is 3. The predicted octanol–water partition coefficient (Wildman–Crippen LogP) is 1.97. The van der Waals surface area contributed by atoms with E-state index >= 15 is 0 Å². The van der Waals surface area contributed by atoms with E-state index in [4.69, 9.17) is 8.85 Å². The van der Waals surface area contributed by atoms with Gasteiger partial charge in [-0.05, 0) is 19.5 Å². The van der Waals surface area contributed by atoms with E-state index in [1.165, 1.54) is 0 Å². The third-order valence-electron chi connectivity index (χ3n) is 2.44. The lowest BCUT2D eigenvalue weighted by atomic mass is 10.5. The highest BCUT2D eigenvalue weighted by Gasteiger charge is 2.40. The second-order valence-electron chi connectivity index (χ2n) is 3.05. The van der Waals surface area contributed by atoms with Crippen LogP contribution in [0.4, 0.5) is 0 Å². The molecule has 0 bridgehead atoms. The lowest BCUT2D eigenvalue weighted by molar-refractivity contribution is 0.165. The zero-order chi connectivity index (χ0) is 10.3. The Kier molecular flexibility index (Phi) is 6.58. The molecule has 3 nitrogen and oxygen atoms in total. The molecule has 0 aliphatic carbocycles. The molecule has 0 N–H and O–H groups in total. The minimum absolute atomic E-state index is 0.980. The lowest BCUT2D eigenvalue weighted by Crippen LogP contribution is -2.57. The van der Waals surface area contributed by atoms with E-state index in [-0.39, 0.29) is 0 Å². The van der Waals surface area contributed by atoms with Crippen LogP contribution < -0.4 is 0 Å². The maximum absolute atomic E-state index is 5.58. The van der Waals surface area contributed by atoms with E-state index in [1.807, 2.05) is 0 Å². The Labute approximate surface area is 83.4 Å². The fourth-order valence-corrected chi connectivity index (χ4v) is 4.45. The van der Waals surface area contributed by atoms with Crippen molar-refractivity contribution in [1.82, 2.24) is 4.57 Å². The molecular formula is C9H23NO2Si. The first-order valence-corrected chi connectivity index (χ1v) is 7.03. The fourth-order valence-electron chi connectivity index (χ4n) is 1.69. The maximum Gasteiger partial charge on any atom is 0.426 e. The van der Waals surface area contributed by atoms with Crippen molar-refractivity contribution in [2.75, 3.05) is 27.3 Å². The maximum atomic E-state index is 5.58. The first-order valence-electron chi connectivity index (χ1n) is 5.06. The summed E-state index contributed by atoms with van der Waals surface area (Å²) in [7, 11) is 1.49. The van der Waals surface area contributed by atoms with Gasteiger partial charge in [-0.2, -0.15) is 0 Å². The van der Waals surface area contributed by atoms with Crippen LogP contribution >= 0.6 is 0 Å². The second kappa shape index (κ2) is 6.54. The molecule has 0 fully saturated rings. The van der Waals surface area contributed by atoms with Crippen molar-refractivity contribution in [3.63, 3.8) is 0 Å². The molecule has 0 amide bonds. The Morgan fingerprint density at radius 3 is 1.85 bits per heavy atom. The van der Waals surface area contributed by atoms with Crippen LogP contribution in [0.5, 0.6) is 0 Å². The topological polar surface area (TPSA) is 21.7 Å². The smallest absolute Gasteiger partial charge is 0.386 e. The van der Waals surface area contributed by atoms with Gasteiger partial charge in [0.1, 0.15) is 0 Å². The van der Waals surface area contributed by atoms with E-state index in [1.54, 1.807) is 14.2 Å². The molecule has 80 valence electrons. The van der Waals surface area contributed by atoms with Crippen LogP contribution in [0.1, 0.15) is 27.2 Å². The van der Waals surface area contributed by atoms with Gasteiger partial charge in [-0.1, -0.05) is 20.8 Å². The summed E-state index contributed by atoms with van der Waals surface area (Å²) < 4.78 is 13.5. The van der Waals surface area contributed by atoms with Crippen molar-refractivity contribution in [1.29, 1.82) is 0 Å². The zero-order valence-electron chi connectivity index (χ0n) is 9.59. The summed E-state index contributed by atoms with van der Waals surface area (Å²) in [4.78, 5) is 0. The molecule has 0 aliphatic heterocycles. The fraction of sp³-hybridized carbons (Fsp3) is 1.00.